The maximum absolute atomic E-state index is 13.2. The first-order valence-electron chi connectivity index (χ1n) is 10.4. The van der Waals surface area contributed by atoms with Crippen LogP contribution in [0.3, 0.4) is 0 Å². The molecule has 30 heavy (non-hydrogen) atoms. The molecular weight excluding hydrogens is 420 g/mol. The zero-order valence-electron chi connectivity index (χ0n) is 16.9. The van der Waals surface area contributed by atoms with E-state index in [0.717, 1.165) is 42.8 Å². The summed E-state index contributed by atoms with van der Waals surface area (Å²) in [5, 5.41) is 0. The van der Waals surface area contributed by atoms with E-state index in [9.17, 15) is 13.8 Å². The topological polar surface area (TPSA) is 66.9 Å². The normalized spacial score (nSPS) is 17.7. The summed E-state index contributed by atoms with van der Waals surface area (Å²) >= 11 is 1.39. The summed E-state index contributed by atoms with van der Waals surface area (Å²) in [5.41, 5.74) is 1.01. The number of rotatable bonds is 5. The van der Waals surface area contributed by atoms with Gasteiger partial charge in [-0.1, -0.05) is 30.3 Å². The minimum atomic E-state index is -0.848. The van der Waals surface area contributed by atoms with Gasteiger partial charge in [0.2, 0.25) is 0 Å². The highest BCUT2D eigenvalue weighted by Crippen LogP contribution is 2.37. The molecule has 2 aliphatic heterocycles. The number of benzene rings is 1. The first-order chi connectivity index (χ1) is 14.6. The first-order valence-corrected chi connectivity index (χ1v) is 12.7. The van der Waals surface area contributed by atoms with Crippen molar-refractivity contribution in [2.75, 3.05) is 44.3 Å². The Balaban J connectivity index is 1.54. The van der Waals surface area contributed by atoms with E-state index in [4.69, 9.17) is 4.74 Å². The van der Waals surface area contributed by atoms with Crippen molar-refractivity contribution in [2.24, 2.45) is 0 Å². The number of hydrogen-bond donors (Lipinski definition) is 0. The van der Waals surface area contributed by atoms with Crippen LogP contribution in [0.15, 0.2) is 36.4 Å². The summed E-state index contributed by atoms with van der Waals surface area (Å²) < 4.78 is 17.6. The monoisotopic (exact) mass is 446 g/mol. The zero-order chi connectivity index (χ0) is 20.9. The van der Waals surface area contributed by atoms with Gasteiger partial charge in [0.15, 0.2) is 6.61 Å². The molecule has 0 N–H and O–H groups in total. The SMILES string of the molecule is O=C(COc1cc(-c2ccccc2)sc1C(=O)N1CCS(=O)CC1)N1CCCCC1. The van der Waals surface area contributed by atoms with Gasteiger partial charge in [0.25, 0.3) is 11.8 Å². The molecule has 0 aliphatic carbocycles. The molecule has 160 valence electrons. The summed E-state index contributed by atoms with van der Waals surface area (Å²) in [7, 11) is -0.848. The Morgan fingerprint density at radius 2 is 1.67 bits per heavy atom. The fraction of sp³-hybridized carbons (Fsp3) is 0.455. The van der Waals surface area contributed by atoms with Crippen molar-refractivity contribution >= 4 is 34.0 Å². The van der Waals surface area contributed by atoms with Gasteiger partial charge >= 0.3 is 0 Å². The Bertz CT molecular complexity index is 912. The Morgan fingerprint density at radius 1 is 0.967 bits per heavy atom. The molecular formula is C22H26N2O4S2. The summed E-state index contributed by atoms with van der Waals surface area (Å²) in [6.07, 6.45) is 3.22. The van der Waals surface area contributed by atoms with E-state index in [-0.39, 0.29) is 18.4 Å². The van der Waals surface area contributed by atoms with E-state index in [0.29, 0.717) is 35.2 Å². The van der Waals surface area contributed by atoms with Crippen molar-refractivity contribution in [1.82, 2.24) is 9.80 Å². The van der Waals surface area contributed by atoms with Gasteiger partial charge in [-0.25, -0.2) is 0 Å². The van der Waals surface area contributed by atoms with Crippen LogP contribution in [0.4, 0.5) is 0 Å². The molecule has 6 nitrogen and oxygen atoms in total. The standard InChI is InChI=1S/C22H26N2O4S2/c25-20(23-9-5-2-6-10-23)16-28-18-15-19(17-7-3-1-4-8-17)29-21(18)22(26)24-11-13-30(27)14-12-24/h1,3-4,7-8,15H,2,5-6,9-14,16H2. The van der Waals surface area contributed by atoms with Crippen LogP contribution in [0, 0.1) is 0 Å². The van der Waals surface area contributed by atoms with Crippen molar-refractivity contribution in [3.8, 4) is 16.2 Å². The number of hydrogen-bond acceptors (Lipinski definition) is 5. The average molecular weight is 447 g/mol. The molecule has 2 aliphatic rings. The molecule has 2 amide bonds. The fourth-order valence-corrected chi connectivity index (χ4v) is 5.86. The summed E-state index contributed by atoms with van der Waals surface area (Å²) in [4.78, 5) is 30.7. The molecule has 3 heterocycles. The second-order valence-electron chi connectivity index (χ2n) is 7.54. The van der Waals surface area contributed by atoms with Crippen LogP contribution in [0.1, 0.15) is 28.9 Å². The third kappa shape index (κ3) is 4.92. The zero-order valence-corrected chi connectivity index (χ0v) is 18.5. The molecule has 0 radical (unpaired) electrons. The Hall–Kier alpha value is -2.19. The van der Waals surface area contributed by atoms with Crippen LogP contribution in [0.25, 0.3) is 10.4 Å². The van der Waals surface area contributed by atoms with E-state index in [1.54, 1.807) is 4.90 Å². The predicted molar refractivity (Wildman–Crippen MR) is 119 cm³/mol. The van der Waals surface area contributed by atoms with Crippen LogP contribution >= 0.6 is 11.3 Å². The number of thiophene rings is 1. The van der Waals surface area contributed by atoms with Crippen molar-refractivity contribution in [3.63, 3.8) is 0 Å². The smallest absolute Gasteiger partial charge is 0.267 e. The highest BCUT2D eigenvalue weighted by atomic mass is 32.2. The quantitative estimate of drug-likeness (QED) is 0.708. The van der Waals surface area contributed by atoms with Crippen LogP contribution < -0.4 is 4.74 Å². The van der Waals surface area contributed by atoms with Gasteiger partial charge in [0.1, 0.15) is 10.6 Å². The van der Waals surface area contributed by atoms with Crippen LogP contribution in [0.5, 0.6) is 5.75 Å². The molecule has 2 fully saturated rings. The third-order valence-electron chi connectivity index (χ3n) is 5.48. The second kappa shape index (κ2) is 9.75. The summed E-state index contributed by atoms with van der Waals surface area (Å²) in [6.45, 7) is 2.46. The van der Waals surface area contributed by atoms with E-state index < -0.39 is 10.8 Å². The van der Waals surface area contributed by atoms with Gasteiger partial charge in [-0.2, -0.15) is 0 Å². The third-order valence-corrected chi connectivity index (χ3v) is 7.90. The van der Waals surface area contributed by atoms with Crippen LogP contribution in [-0.4, -0.2) is 70.1 Å². The van der Waals surface area contributed by atoms with Crippen molar-refractivity contribution < 1.29 is 18.5 Å². The molecule has 0 saturated carbocycles. The van der Waals surface area contributed by atoms with Gasteiger partial charge < -0.3 is 14.5 Å². The maximum Gasteiger partial charge on any atom is 0.267 e. The molecule has 2 aromatic rings. The second-order valence-corrected chi connectivity index (χ2v) is 10.3. The number of piperidine rings is 1. The molecule has 1 aromatic carbocycles. The minimum absolute atomic E-state index is 0.0334. The average Bonchev–Trinajstić information content (AvgIpc) is 3.23. The first kappa shape index (κ1) is 21.1. The largest absolute Gasteiger partial charge is 0.482 e. The number of ether oxygens (including phenoxy) is 1. The summed E-state index contributed by atoms with van der Waals surface area (Å²) in [6, 6.07) is 11.7. The Labute approximate surface area is 183 Å². The molecule has 1 aromatic heterocycles. The number of likely N-dealkylation sites (tertiary alicyclic amines) is 1. The van der Waals surface area contributed by atoms with E-state index in [1.807, 2.05) is 41.3 Å². The van der Waals surface area contributed by atoms with Gasteiger partial charge in [0, 0.05) is 53.4 Å². The number of carbonyl (C=O) groups is 2. The molecule has 0 spiro atoms. The van der Waals surface area contributed by atoms with Gasteiger partial charge in [-0.3, -0.25) is 13.8 Å². The lowest BCUT2D eigenvalue weighted by molar-refractivity contribution is -0.134. The molecule has 4 rings (SSSR count). The summed E-state index contributed by atoms with van der Waals surface area (Å²) in [5.74, 6) is 1.33. The van der Waals surface area contributed by atoms with Gasteiger partial charge in [-0.05, 0) is 30.9 Å². The lowest BCUT2D eigenvalue weighted by atomic mass is 10.1. The molecule has 8 heteroatoms. The molecule has 0 unspecified atom stereocenters. The van der Waals surface area contributed by atoms with E-state index in [1.165, 1.54) is 11.3 Å². The Kier molecular flexibility index (Phi) is 6.84. The Morgan fingerprint density at radius 3 is 2.37 bits per heavy atom. The van der Waals surface area contributed by atoms with Gasteiger partial charge in [0.05, 0.1) is 0 Å². The van der Waals surface area contributed by atoms with Crippen molar-refractivity contribution in [1.29, 1.82) is 0 Å². The van der Waals surface area contributed by atoms with Crippen molar-refractivity contribution in [3.05, 3.63) is 41.3 Å². The van der Waals surface area contributed by atoms with Gasteiger partial charge in [-0.15, -0.1) is 11.3 Å². The highest BCUT2D eigenvalue weighted by Gasteiger charge is 2.27. The number of amides is 2. The van der Waals surface area contributed by atoms with E-state index >= 15 is 0 Å². The maximum atomic E-state index is 13.2. The fourth-order valence-electron chi connectivity index (χ4n) is 3.73. The van der Waals surface area contributed by atoms with Crippen LogP contribution in [0.2, 0.25) is 0 Å². The number of carbonyl (C=O) groups excluding carboxylic acids is 2. The molecule has 0 atom stereocenters. The minimum Gasteiger partial charge on any atom is -0.482 e. The molecule has 2 saturated heterocycles. The number of nitrogens with zero attached hydrogens (tertiary/aromatic N) is 2. The predicted octanol–water partition coefficient (Wildman–Crippen LogP) is 3.01. The van der Waals surface area contributed by atoms with E-state index in [2.05, 4.69) is 0 Å². The lowest BCUT2D eigenvalue weighted by Crippen LogP contribution is -2.41. The van der Waals surface area contributed by atoms with Crippen LogP contribution in [-0.2, 0) is 15.6 Å². The van der Waals surface area contributed by atoms with Crippen molar-refractivity contribution in [2.45, 2.75) is 19.3 Å². The highest BCUT2D eigenvalue weighted by molar-refractivity contribution is 7.85. The molecule has 0 bridgehead atoms. The lowest BCUT2D eigenvalue weighted by Gasteiger charge is -2.27.